The van der Waals surface area contributed by atoms with Crippen LogP contribution in [0.25, 0.3) is 0 Å². The molecule has 0 aromatic heterocycles. The first-order valence-corrected chi connectivity index (χ1v) is 6.79. The molecule has 0 saturated carbocycles. The van der Waals surface area contributed by atoms with Crippen molar-refractivity contribution in [2.45, 2.75) is 58.9 Å². The van der Waals surface area contributed by atoms with Gasteiger partial charge in [-0.25, -0.2) is 0 Å². The van der Waals surface area contributed by atoms with Gasteiger partial charge in [-0.1, -0.05) is 26.0 Å². The molecule has 1 aliphatic heterocycles. The zero-order valence-corrected chi connectivity index (χ0v) is 11.4. The molecule has 1 aliphatic rings. The zero-order valence-electron chi connectivity index (χ0n) is 11.4. The number of hydrogen-bond donors (Lipinski definition) is 0. The SMILES string of the molecule is CC(C)C=CCCC1=NC(C)CCC(C=O)C1. The minimum atomic E-state index is 0.202. The van der Waals surface area contributed by atoms with Crippen molar-refractivity contribution < 1.29 is 4.79 Å². The van der Waals surface area contributed by atoms with Crippen molar-refractivity contribution in [3.05, 3.63) is 12.2 Å². The van der Waals surface area contributed by atoms with Crippen LogP contribution in [0.3, 0.4) is 0 Å². The second-order valence-corrected chi connectivity index (χ2v) is 5.43. The standard InChI is InChI=1S/C15H25NO/c1-12(2)6-4-5-7-15-10-14(11-17)9-8-13(3)16-15/h4,6,11-14H,5,7-10H2,1-3H3. The molecule has 0 aliphatic carbocycles. The highest BCUT2D eigenvalue weighted by Gasteiger charge is 2.17. The minimum absolute atomic E-state index is 0.202. The Labute approximate surface area is 105 Å². The maximum absolute atomic E-state index is 10.9. The molecular formula is C15H25NO. The monoisotopic (exact) mass is 235 g/mol. The van der Waals surface area contributed by atoms with Crippen LogP contribution in [-0.2, 0) is 4.79 Å². The van der Waals surface area contributed by atoms with Crippen molar-refractivity contribution in [1.82, 2.24) is 0 Å². The second-order valence-electron chi connectivity index (χ2n) is 5.43. The van der Waals surface area contributed by atoms with Crippen LogP contribution >= 0.6 is 0 Å². The summed E-state index contributed by atoms with van der Waals surface area (Å²) in [6, 6.07) is 0.393. The summed E-state index contributed by atoms with van der Waals surface area (Å²) in [6.45, 7) is 6.52. The largest absolute Gasteiger partial charge is 0.303 e. The van der Waals surface area contributed by atoms with Crippen molar-refractivity contribution in [1.29, 1.82) is 0 Å². The number of aldehydes is 1. The molecule has 0 bridgehead atoms. The Hall–Kier alpha value is -0.920. The number of rotatable bonds is 5. The minimum Gasteiger partial charge on any atom is -0.303 e. The fourth-order valence-electron chi connectivity index (χ4n) is 2.19. The summed E-state index contributed by atoms with van der Waals surface area (Å²) < 4.78 is 0. The van der Waals surface area contributed by atoms with Crippen LogP contribution in [0.1, 0.15) is 52.9 Å². The van der Waals surface area contributed by atoms with Crippen molar-refractivity contribution in [3.8, 4) is 0 Å². The van der Waals surface area contributed by atoms with E-state index < -0.39 is 0 Å². The van der Waals surface area contributed by atoms with Gasteiger partial charge in [-0.3, -0.25) is 4.99 Å². The van der Waals surface area contributed by atoms with Gasteiger partial charge in [-0.2, -0.15) is 0 Å². The van der Waals surface area contributed by atoms with E-state index in [1.165, 1.54) is 5.71 Å². The van der Waals surface area contributed by atoms with E-state index >= 15 is 0 Å². The highest BCUT2D eigenvalue weighted by atomic mass is 16.1. The highest BCUT2D eigenvalue weighted by Crippen LogP contribution is 2.20. The van der Waals surface area contributed by atoms with Gasteiger partial charge in [-0.15, -0.1) is 0 Å². The molecule has 2 nitrogen and oxygen atoms in total. The Kier molecular flexibility index (Phi) is 6.17. The Morgan fingerprint density at radius 1 is 1.41 bits per heavy atom. The fraction of sp³-hybridized carbons (Fsp3) is 0.733. The third-order valence-electron chi connectivity index (χ3n) is 3.17. The van der Waals surface area contributed by atoms with Crippen LogP contribution in [0, 0.1) is 11.8 Å². The predicted octanol–water partition coefficient (Wildman–Crippen LogP) is 3.81. The molecule has 0 aromatic carbocycles. The average Bonchev–Trinajstić information content (AvgIpc) is 2.46. The Balaban J connectivity index is 2.46. The molecule has 0 radical (unpaired) electrons. The number of carbonyl (C=O) groups excluding carboxylic acids is 1. The maximum Gasteiger partial charge on any atom is 0.123 e. The number of nitrogens with zero attached hydrogens (tertiary/aromatic N) is 1. The first-order chi connectivity index (χ1) is 8.11. The fourth-order valence-corrected chi connectivity index (χ4v) is 2.19. The van der Waals surface area contributed by atoms with Gasteiger partial charge in [0.2, 0.25) is 0 Å². The summed E-state index contributed by atoms with van der Waals surface area (Å²) in [7, 11) is 0. The Morgan fingerprint density at radius 3 is 2.82 bits per heavy atom. The van der Waals surface area contributed by atoms with Crippen molar-refractivity contribution in [2.24, 2.45) is 16.8 Å². The molecule has 0 N–H and O–H groups in total. The Morgan fingerprint density at radius 2 is 2.18 bits per heavy atom. The summed E-state index contributed by atoms with van der Waals surface area (Å²) in [5.74, 6) is 0.820. The normalized spacial score (nSPS) is 26.0. The third-order valence-corrected chi connectivity index (χ3v) is 3.17. The maximum atomic E-state index is 10.9. The zero-order chi connectivity index (χ0) is 12.7. The van der Waals surface area contributed by atoms with Crippen LogP contribution < -0.4 is 0 Å². The van der Waals surface area contributed by atoms with Gasteiger partial charge >= 0.3 is 0 Å². The smallest absolute Gasteiger partial charge is 0.123 e. The van der Waals surface area contributed by atoms with E-state index in [1.54, 1.807) is 0 Å². The molecule has 0 amide bonds. The third kappa shape index (κ3) is 5.81. The summed E-state index contributed by atoms with van der Waals surface area (Å²) >= 11 is 0. The van der Waals surface area contributed by atoms with Crippen LogP contribution in [0.4, 0.5) is 0 Å². The van der Waals surface area contributed by atoms with Gasteiger partial charge < -0.3 is 4.79 Å². The van der Waals surface area contributed by atoms with Crippen LogP contribution in [-0.4, -0.2) is 18.0 Å². The van der Waals surface area contributed by atoms with E-state index in [0.717, 1.165) is 38.4 Å². The summed E-state index contributed by atoms with van der Waals surface area (Å²) in [6.07, 6.45) is 10.6. The molecular weight excluding hydrogens is 210 g/mol. The molecule has 1 rings (SSSR count). The van der Waals surface area contributed by atoms with E-state index in [0.29, 0.717) is 12.0 Å². The lowest BCUT2D eigenvalue weighted by Crippen LogP contribution is -2.07. The van der Waals surface area contributed by atoms with Crippen molar-refractivity contribution in [3.63, 3.8) is 0 Å². The molecule has 0 aromatic rings. The van der Waals surface area contributed by atoms with E-state index in [-0.39, 0.29) is 5.92 Å². The number of hydrogen-bond acceptors (Lipinski definition) is 2. The topological polar surface area (TPSA) is 29.4 Å². The summed E-state index contributed by atoms with van der Waals surface area (Å²) in [4.78, 5) is 15.6. The van der Waals surface area contributed by atoms with Crippen molar-refractivity contribution in [2.75, 3.05) is 0 Å². The molecule has 2 unspecified atom stereocenters. The van der Waals surface area contributed by atoms with E-state index in [9.17, 15) is 4.79 Å². The number of carbonyl (C=O) groups is 1. The average molecular weight is 235 g/mol. The van der Waals surface area contributed by atoms with Gasteiger partial charge in [-0.05, 0) is 44.9 Å². The summed E-state index contributed by atoms with van der Waals surface area (Å²) in [5.41, 5.74) is 1.24. The summed E-state index contributed by atoms with van der Waals surface area (Å²) in [5, 5.41) is 0. The first kappa shape index (κ1) is 14.1. The van der Waals surface area contributed by atoms with Gasteiger partial charge in [0.25, 0.3) is 0 Å². The highest BCUT2D eigenvalue weighted by molar-refractivity contribution is 5.87. The van der Waals surface area contributed by atoms with Gasteiger partial charge in [0.15, 0.2) is 0 Å². The van der Waals surface area contributed by atoms with Gasteiger partial charge in [0.05, 0.1) is 0 Å². The molecule has 96 valence electrons. The van der Waals surface area contributed by atoms with Crippen molar-refractivity contribution >= 4 is 12.0 Å². The second kappa shape index (κ2) is 7.41. The molecule has 2 atom stereocenters. The quantitative estimate of drug-likeness (QED) is 0.526. The lowest BCUT2D eigenvalue weighted by molar-refractivity contribution is -0.111. The van der Waals surface area contributed by atoms with Crippen LogP contribution in [0.5, 0.6) is 0 Å². The molecule has 0 saturated heterocycles. The molecule has 2 heteroatoms. The first-order valence-electron chi connectivity index (χ1n) is 6.79. The number of aliphatic imine (C=N–C) groups is 1. The molecule has 0 spiro atoms. The Bertz CT molecular complexity index is 291. The van der Waals surface area contributed by atoms with Crippen LogP contribution in [0.15, 0.2) is 17.1 Å². The predicted molar refractivity (Wildman–Crippen MR) is 73.5 cm³/mol. The lowest BCUT2D eigenvalue weighted by Gasteiger charge is -2.07. The van der Waals surface area contributed by atoms with Gasteiger partial charge in [0, 0.05) is 17.7 Å². The van der Waals surface area contributed by atoms with E-state index in [4.69, 9.17) is 4.99 Å². The molecule has 0 fully saturated rings. The van der Waals surface area contributed by atoms with E-state index in [1.807, 2.05) is 0 Å². The van der Waals surface area contributed by atoms with Crippen LogP contribution in [0.2, 0.25) is 0 Å². The number of allylic oxidation sites excluding steroid dienone is 2. The molecule has 17 heavy (non-hydrogen) atoms. The van der Waals surface area contributed by atoms with E-state index in [2.05, 4.69) is 32.9 Å². The molecule has 1 heterocycles. The van der Waals surface area contributed by atoms with Gasteiger partial charge in [0.1, 0.15) is 6.29 Å². The lowest BCUT2D eigenvalue weighted by atomic mass is 9.97.